The number of rotatable bonds is 1. The van der Waals surface area contributed by atoms with Gasteiger partial charge in [0, 0.05) is 16.1 Å². The normalized spacial score (nSPS) is 10.3. The van der Waals surface area contributed by atoms with Crippen LogP contribution < -0.4 is 0 Å². The maximum atomic E-state index is 12.8. The average Bonchev–Trinajstić information content (AvgIpc) is 2.17. The standard InChI is InChI=1S/C12H6BrClF/c13-9-3-1-2-8(6-9)11-5-4-10(15)7-12(11)14/h1-3,5-7H. The van der Waals surface area contributed by atoms with E-state index in [0.717, 1.165) is 15.6 Å². The first kappa shape index (κ1) is 10.7. The summed E-state index contributed by atoms with van der Waals surface area (Å²) in [5.41, 5.74) is 1.71. The predicted molar refractivity (Wildman–Crippen MR) is 63.4 cm³/mol. The Morgan fingerprint density at radius 3 is 2.73 bits per heavy atom. The van der Waals surface area contributed by atoms with Crippen LogP contribution in [0.4, 0.5) is 4.39 Å². The van der Waals surface area contributed by atoms with Gasteiger partial charge in [-0.15, -0.1) is 0 Å². The van der Waals surface area contributed by atoms with Crippen LogP contribution in [-0.2, 0) is 0 Å². The third-order valence-corrected chi connectivity index (χ3v) is 2.81. The smallest absolute Gasteiger partial charge is 0.132 e. The third kappa shape index (κ3) is 2.39. The first-order valence-electron chi connectivity index (χ1n) is 4.29. The molecule has 0 spiro atoms. The quantitative estimate of drug-likeness (QED) is 0.711. The van der Waals surface area contributed by atoms with E-state index in [1.807, 2.05) is 24.3 Å². The zero-order valence-electron chi connectivity index (χ0n) is 7.60. The first-order valence-corrected chi connectivity index (χ1v) is 5.46. The molecule has 0 atom stereocenters. The van der Waals surface area contributed by atoms with Gasteiger partial charge in [0.1, 0.15) is 5.82 Å². The van der Waals surface area contributed by atoms with Crippen LogP contribution in [-0.4, -0.2) is 0 Å². The molecule has 15 heavy (non-hydrogen) atoms. The fourth-order valence-corrected chi connectivity index (χ4v) is 1.98. The van der Waals surface area contributed by atoms with Crippen LogP contribution in [0.5, 0.6) is 0 Å². The molecule has 0 aliphatic rings. The Morgan fingerprint density at radius 1 is 1.27 bits per heavy atom. The SMILES string of the molecule is Fc1[c]cc(-c2cccc(Br)c2)c(Cl)c1. The fourth-order valence-electron chi connectivity index (χ4n) is 1.32. The Balaban J connectivity index is 2.54. The second-order valence-corrected chi connectivity index (χ2v) is 4.38. The van der Waals surface area contributed by atoms with Gasteiger partial charge in [-0.1, -0.05) is 39.7 Å². The minimum absolute atomic E-state index is 0.393. The molecule has 2 rings (SSSR count). The molecular weight excluding hydrogens is 278 g/mol. The van der Waals surface area contributed by atoms with E-state index < -0.39 is 5.82 Å². The number of hydrogen-bond donors (Lipinski definition) is 0. The van der Waals surface area contributed by atoms with E-state index in [0.29, 0.717) is 5.02 Å². The Kier molecular flexibility index (Phi) is 3.08. The van der Waals surface area contributed by atoms with Crippen LogP contribution in [0.1, 0.15) is 0 Å². The van der Waals surface area contributed by atoms with Crippen molar-refractivity contribution in [1.29, 1.82) is 0 Å². The molecule has 0 saturated heterocycles. The Labute approximate surface area is 101 Å². The summed E-state index contributed by atoms with van der Waals surface area (Å²) in [5, 5.41) is 0.393. The topological polar surface area (TPSA) is 0 Å². The lowest BCUT2D eigenvalue weighted by Crippen LogP contribution is -1.82. The lowest BCUT2D eigenvalue weighted by molar-refractivity contribution is 0.626. The molecule has 0 aliphatic carbocycles. The lowest BCUT2D eigenvalue weighted by atomic mass is 10.1. The van der Waals surface area contributed by atoms with Gasteiger partial charge in [-0.25, -0.2) is 4.39 Å². The molecule has 0 aliphatic heterocycles. The van der Waals surface area contributed by atoms with Gasteiger partial charge in [0.15, 0.2) is 0 Å². The number of benzene rings is 2. The second kappa shape index (κ2) is 4.33. The van der Waals surface area contributed by atoms with Crippen LogP contribution in [0.15, 0.2) is 40.9 Å². The zero-order chi connectivity index (χ0) is 10.8. The van der Waals surface area contributed by atoms with Gasteiger partial charge in [-0.05, 0) is 29.8 Å². The summed E-state index contributed by atoms with van der Waals surface area (Å²) in [6.45, 7) is 0. The molecule has 2 aromatic rings. The minimum Gasteiger partial charge on any atom is -0.206 e. The Morgan fingerprint density at radius 2 is 2.07 bits per heavy atom. The summed E-state index contributed by atoms with van der Waals surface area (Å²) in [4.78, 5) is 0. The maximum Gasteiger partial charge on any atom is 0.132 e. The van der Waals surface area contributed by atoms with Crippen LogP contribution >= 0.6 is 27.5 Å². The van der Waals surface area contributed by atoms with Gasteiger partial charge in [0.2, 0.25) is 0 Å². The van der Waals surface area contributed by atoms with E-state index in [9.17, 15) is 4.39 Å². The predicted octanol–water partition coefficient (Wildman–Crippen LogP) is 4.71. The van der Waals surface area contributed by atoms with Gasteiger partial charge < -0.3 is 0 Å². The lowest BCUT2D eigenvalue weighted by Gasteiger charge is -2.04. The minimum atomic E-state index is -0.446. The van der Waals surface area contributed by atoms with E-state index in [2.05, 4.69) is 22.0 Å². The molecule has 0 bridgehead atoms. The molecule has 75 valence electrons. The summed E-state index contributed by atoms with van der Waals surface area (Å²) < 4.78 is 13.8. The third-order valence-electron chi connectivity index (χ3n) is 2.00. The molecule has 2 aromatic carbocycles. The molecule has 0 heterocycles. The molecule has 0 unspecified atom stereocenters. The van der Waals surface area contributed by atoms with Crippen molar-refractivity contribution in [3.63, 3.8) is 0 Å². The van der Waals surface area contributed by atoms with Gasteiger partial charge in [-0.3, -0.25) is 0 Å². The first-order chi connectivity index (χ1) is 7.16. The summed E-state index contributed by atoms with van der Waals surface area (Å²) in [6.07, 6.45) is 0. The van der Waals surface area contributed by atoms with Crippen LogP contribution in [0, 0.1) is 11.9 Å². The molecule has 0 saturated carbocycles. The fraction of sp³-hybridized carbons (Fsp3) is 0. The van der Waals surface area contributed by atoms with E-state index in [-0.39, 0.29) is 0 Å². The van der Waals surface area contributed by atoms with Gasteiger partial charge in [-0.2, -0.15) is 0 Å². The van der Waals surface area contributed by atoms with E-state index in [4.69, 9.17) is 11.6 Å². The van der Waals surface area contributed by atoms with Crippen molar-refractivity contribution in [3.8, 4) is 11.1 Å². The highest BCUT2D eigenvalue weighted by Crippen LogP contribution is 2.29. The highest BCUT2D eigenvalue weighted by molar-refractivity contribution is 9.10. The van der Waals surface area contributed by atoms with Gasteiger partial charge in [0.25, 0.3) is 0 Å². The molecule has 0 amide bonds. The summed E-state index contributed by atoms with van der Waals surface area (Å²) in [5.74, 6) is -0.446. The molecule has 0 aromatic heterocycles. The van der Waals surface area contributed by atoms with Gasteiger partial charge >= 0.3 is 0 Å². The van der Waals surface area contributed by atoms with Crippen molar-refractivity contribution >= 4 is 27.5 Å². The number of halogens is 3. The van der Waals surface area contributed by atoms with Crippen molar-refractivity contribution < 1.29 is 4.39 Å². The zero-order valence-corrected chi connectivity index (χ0v) is 9.94. The number of hydrogen-bond acceptors (Lipinski definition) is 0. The van der Waals surface area contributed by atoms with Crippen molar-refractivity contribution in [2.24, 2.45) is 0 Å². The van der Waals surface area contributed by atoms with Gasteiger partial charge in [0.05, 0.1) is 5.02 Å². The van der Waals surface area contributed by atoms with Crippen LogP contribution in [0.25, 0.3) is 11.1 Å². The highest BCUT2D eigenvalue weighted by Gasteiger charge is 2.04. The second-order valence-electron chi connectivity index (χ2n) is 3.05. The molecule has 0 fully saturated rings. The Hall–Kier alpha value is -0.860. The van der Waals surface area contributed by atoms with Crippen molar-refractivity contribution in [2.75, 3.05) is 0 Å². The molecular formula is C12H6BrClF. The van der Waals surface area contributed by atoms with Crippen molar-refractivity contribution in [1.82, 2.24) is 0 Å². The van der Waals surface area contributed by atoms with Crippen LogP contribution in [0.2, 0.25) is 5.02 Å². The van der Waals surface area contributed by atoms with E-state index >= 15 is 0 Å². The highest BCUT2D eigenvalue weighted by atomic mass is 79.9. The maximum absolute atomic E-state index is 12.8. The van der Waals surface area contributed by atoms with Crippen molar-refractivity contribution in [2.45, 2.75) is 0 Å². The summed E-state index contributed by atoms with van der Waals surface area (Å²) in [6, 6.07) is 13.0. The summed E-state index contributed by atoms with van der Waals surface area (Å²) in [7, 11) is 0. The molecule has 3 heteroatoms. The van der Waals surface area contributed by atoms with Crippen LogP contribution in [0.3, 0.4) is 0 Å². The monoisotopic (exact) mass is 283 g/mol. The van der Waals surface area contributed by atoms with E-state index in [1.54, 1.807) is 6.07 Å². The largest absolute Gasteiger partial charge is 0.206 e. The van der Waals surface area contributed by atoms with E-state index in [1.165, 1.54) is 6.07 Å². The molecule has 1 radical (unpaired) electrons. The van der Waals surface area contributed by atoms with Crippen molar-refractivity contribution in [3.05, 3.63) is 57.8 Å². The average molecular weight is 285 g/mol. The molecule has 0 N–H and O–H groups in total. The summed E-state index contributed by atoms with van der Waals surface area (Å²) >= 11 is 9.31. The Bertz CT molecular complexity index is 497. The molecule has 0 nitrogen and oxygen atoms in total.